The van der Waals surface area contributed by atoms with Crippen LogP contribution in [-0.2, 0) is 9.47 Å². The normalized spacial score (nSPS) is 22.8. The van der Waals surface area contributed by atoms with E-state index in [1.807, 2.05) is 24.3 Å². The van der Waals surface area contributed by atoms with E-state index >= 15 is 0 Å². The average molecular weight is 347 g/mol. The van der Waals surface area contributed by atoms with Gasteiger partial charge in [-0.25, -0.2) is 4.79 Å². The molecule has 1 atom stereocenters. The lowest BCUT2D eigenvalue weighted by Crippen LogP contribution is -2.39. The minimum atomic E-state index is -0.207. The van der Waals surface area contributed by atoms with Gasteiger partial charge in [0.1, 0.15) is 5.00 Å². The second kappa shape index (κ2) is 6.66. The van der Waals surface area contributed by atoms with E-state index in [0.29, 0.717) is 6.54 Å². The summed E-state index contributed by atoms with van der Waals surface area (Å²) in [7, 11) is 0. The fourth-order valence-electron chi connectivity index (χ4n) is 3.48. The zero-order chi connectivity index (χ0) is 16.4. The first-order chi connectivity index (χ1) is 11.7. The van der Waals surface area contributed by atoms with E-state index < -0.39 is 0 Å². The maximum Gasteiger partial charge on any atom is 0.319 e. The molecule has 1 spiro atoms. The number of nitrogens with zero attached hydrogens (tertiary/aromatic N) is 1. The number of carbonyl (C=O) groups excluding carboxylic acids is 1. The van der Waals surface area contributed by atoms with E-state index in [1.165, 1.54) is 11.5 Å². The molecule has 2 amide bonds. The van der Waals surface area contributed by atoms with E-state index in [-0.39, 0.29) is 17.7 Å². The third-order valence-electron chi connectivity index (χ3n) is 4.84. The van der Waals surface area contributed by atoms with Crippen LogP contribution < -0.4 is 10.6 Å². The minimum Gasteiger partial charge on any atom is -0.381 e. The molecule has 3 heterocycles. The van der Waals surface area contributed by atoms with Crippen molar-refractivity contribution in [2.45, 2.75) is 37.4 Å². The number of aromatic nitrogens is 1. The number of anilines is 1. The summed E-state index contributed by atoms with van der Waals surface area (Å²) in [6.07, 6.45) is 4.06. The van der Waals surface area contributed by atoms with Gasteiger partial charge >= 0.3 is 6.03 Å². The van der Waals surface area contributed by atoms with Gasteiger partial charge in [-0.15, -0.1) is 0 Å². The van der Waals surface area contributed by atoms with Crippen LogP contribution in [0.25, 0.3) is 10.9 Å². The Bertz CT molecular complexity index is 727. The predicted octanol–water partition coefficient (Wildman–Crippen LogP) is 3.15. The summed E-state index contributed by atoms with van der Waals surface area (Å²) in [5.74, 6) is 0. The number of benzene rings is 1. The molecule has 128 valence electrons. The second-order valence-corrected chi connectivity index (χ2v) is 7.21. The highest BCUT2D eigenvalue weighted by molar-refractivity contribution is 7.12. The molecular weight excluding hydrogens is 326 g/mol. The lowest BCUT2D eigenvalue weighted by molar-refractivity contribution is -0.101. The van der Waals surface area contributed by atoms with Gasteiger partial charge in [-0.1, -0.05) is 12.1 Å². The van der Waals surface area contributed by atoms with Crippen molar-refractivity contribution in [3.05, 3.63) is 24.3 Å². The molecule has 1 aromatic heterocycles. The lowest BCUT2D eigenvalue weighted by atomic mass is 9.91. The largest absolute Gasteiger partial charge is 0.381 e. The monoisotopic (exact) mass is 347 g/mol. The van der Waals surface area contributed by atoms with Gasteiger partial charge in [-0.05, 0) is 49.3 Å². The van der Waals surface area contributed by atoms with Gasteiger partial charge in [0, 0.05) is 25.1 Å². The molecule has 7 heteroatoms. The first kappa shape index (κ1) is 15.8. The van der Waals surface area contributed by atoms with Crippen LogP contribution in [0.2, 0.25) is 0 Å². The average Bonchev–Trinajstić information content (AvgIpc) is 3.19. The Labute approximate surface area is 144 Å². The van der Waals surface area contributed by atoms with Crippen LogP contribution in [0.4, 0.5) is 9.80 Å². The van der Waals surface area contributed by atoms with Crippen LogP contribution >= 0.6 is 11.5 Å². The quantitative estimate of drug-likeness (QED) is 0.895. The topological polar surface area (TPSA) is 72.5 Å². The number of nitrogens with one attached hydrogen (secondary N) is 2. The summed E-state index contributed by atoms with van der Waals surface area (Å²) in [6, 6.07) is 7.58. The van der Waals surface area contributed by atoms with Crippen molar-refractivity contribution in [2.75, 3.05) is 25.1 Å². The third kappa shape index (κ3) is 3.24. The second-order valence-electron chi connectivity index (χ2n) is 6.44. The number of fused-ring (bicyclic) bond motifs is 1. The van der Waals surface area contributed by atoms with Gasteiger partial charge in [0.25, 0.3) is 0 Å². The maximum absolute atomic E-state index is 12.2. The smallest absolute Gasteiger partial charge is 0.319 e. The molecule has 2 fully saturated rings. The van der Waals surface area contributed by atoms with Gasteiger partial charge in [-0.2, -0.15) is 4.37 Å². The van der Waals surface area contributed by atoms with E-state index in [0.717, 1.165) is 54.8 Å². The Morgan fingerprint density at radius 1 is 1.29 bits per heavy atom. The zero-order valence-corrected chi connectivity index (χ0v) is 14.2. The van der Waals surface area contributed by atoms with Gasteiger partial charge < -0.3 is 14.8 Å². The molecule has 6 nitrogen and oxygen atoms in total. The number of ether oxygens (including phenoxy) is 2. The zero-order valence-electron chi connectivity index (χ0n) is 13.4. The van der Waals surface area contributed by atoms with Crippen LogP contribution in [0, 0.1) is 0 Å². The SMILES string of the molecule is O=C(NCC1CCC2(CCOCC2)O1)Nc1snc2ccccc12. The fraction of sp³-hybridized carbons (Fsp3) is 0.529. The molecule has 4 rings (SSSR count). The van der Waals surface area contributed by atoms with E-state index in [2.05, 4.69) is 15.0 Å². The van der Waals surface area contributed by atoms with Crippen molar-refractivity contribution in [3.63, 3.8) is 0 Å². The van der Waals surface area contributed by atoms with Gasteiger partial charge in [0.05, 0.1) is 17.2 Å². The molecular formula is C17H21N3O3S. The standard InChI is InChI=1S/C17H21N3O3S/c21-16(19-15-13-3-1-2-4-14(13)20-24-15)18-11-12-5-6-17(23-12)7-9-22-10-8-17/h1-4,12H,5-11H2,(H2,18,19,21). The summed E-state index contributed by atoms with van der Waals surface area (Å²) in [5, 5.41) is 7.56. The Hall–Kier alpha value is -1.70. The number of hydrogen-bond donors (Lipinski definition) is 2. The molecule has 2 saturated heterocycles. The molecule has 2 aromatic rings. The first-order valence-electron chi connectivity index (χ1n) is 8.39. The third-order valence-corrected chi connectivity index (χ3v) is 5.64. The highest BCUT2D eigenvalue weighted by Crippen LogP contribution is 2.38. The maximum atomic E-state index is 12.2. The molecule has 0 radical (unpaired) electrons. The van der Waals surface area contributed by atoms with Gasteiger partial charge in [0.2, 0.25) is 0 Å². The van der Waals surface area contributed by atoms with Crippen molar-refractivity contribution in [2.24, 2.45) is 0 Å². The summed E-state index contributed by atoms with van der Waals surface area (Å²) in [4.78, 5) is 12.2. The molecule has 0 aliphatic carbocycles. The highest BCUT2D eigenvalue weighted by Gasteiger charge is 2.41. The molecule has 2 N–H and O–H groups in total. The molecule has 0 bridgehead atoms. The number of carbonyl (C=O) groups is 1. The Morgan fingerprint density at radius 2 is 2.12 bits per heavy atom. The van der Waals surface area contributed by atoms with Crippen LogP contribution in [0.5, 0.6) is 0 Å². The summed E-state index contributed by atoms with van der Waals surface area (Å²) < 4.78 is 16.0. The van der Waals surface area contributed by atoms with Crippen LogP contribution in [0.15, 0.2) is 24.3 Å². The van der Waals surface area contributed by atoms with E-state index in [9.17, 15) is 4.79 Å². The van der Waals surface area contributed by atoms with Crippen LogP contribution in [0.1, 0.15) is 25.7 Å². The Balaban J connectivity index is 1.29. The minimum absolute atomic E-state index is 0.0189. The van der Waals surface area contributed by atoms with Gasteiger partial charge in [-0.3, -0.25) is 5.32 Å². The van der Waals surface area contributed by atoms with Crippen molar-refractivity contribution in [1.29, 1.82) is 0 Å². The van der Waals surface area contributed by atoms with Crippen molar-refractivity contribution < 1.29 is 14.3 Å². The molecule has 2 aliphatic rings. The van der Waals surface area contributed by atoms with Crippen LogP contribution in [-0.4, -0.2) is 41.9 Å². The summed E-state index contributed by atoms with van der Waals surface area (Å²) in [6.45, 7) is 2.09. The van der Waals surface area contributed by atoms with Crippen molar-refractivity contribution in [3.8, 4) is 0 Å². The van der Waals surface area contributed by atoms with E-state index in [4.69, 9.17) is 9.47 Å². The fourth-order valence-corrected chi connectivity index (χ4v) is 4.24. The van der Waals surface area contributed by atoms with Crippen molar-refractivity contribution in [1.82, 2.24) is 9.69 Å². The molecule has 24 heavy (non-hydrogen) atoms. The summed E-state index contributed by atoms with van der Waals surface area (Å²) in [5.41, 5.74) is 0.882. The molecule has 0 saturated carbocycles. The molecule has 2 aliphatic heterocycles. The Morgan fingerprint density at radius 3 is 3.00 bits per heavy atom. The van der Waals surface area contributed by atoms with E-state index in [1.54, 1.807) is 0 Å². The highest BCUT2D eigenvalue weighted by atomic mass is 32.1. The van der Waals surface area contributed by atoms with Crippen molar-refractivity contribution >= 4 is 33.5 Å². The lowest BCUT2D eigenvalue weighted by Gasteiger charge is -2.33. The molecule has 1 unspecified atom stereocenters. The number of urea groups is 1. The van der Waals surface area contributed by atoms with Gasteiger partial charge in [0.15, 0.2) is 0 Å². The van der Waals surface area contributed by atoms with Crippen LogP contribution in [0.3, 0.4) is 0 Å². The number of hydrogen-bond acceptors (Lipinski definition) is 5. The number of amides is 2. The Kier molecular flexibility index (Phi) is 4.39. The first-order valence-corrected chi connectivity index (χ1v) is 9.16. The molecule has 1 aromatic carbocycles. The summed E-state index contributed by atoms with van der Waals surface area (Å²) >= 11 is 1.30. The predicted molar refractivity (Wildman–Crippen MR) is 93.5 cm³/mol. The number of rotatable bonds is 3.